The molecule has 0 aliphatic carbocycles. The summed E-state index contributed by atoms with van der Waals surface area (Å²) in [6.07, 6.45) is 2.62. The van der Waals surface area contributed by atoms with Crippen LogP contribution in [0.3, 0.4) is 0 Å². The van der Waals surface area contributed by atoms with Gasteiger partial charge in [-0.25, -0.2) is 0 Å². The Morgan fingerprint density at radius 2 is 1.21 bits per heavy atom. The van der Waals surface area contributed by atoms with Crippen molar-refractivity contribution in [2.24, 2.45) is 0 Å². The van der Waals surface area contributed by atoms with Gasteiger partial charge in [0.2, 0.25) is 0 Å². The van der Waals surface area contributed by atoms with Gasteiger partial charge < -0.3 is 24.1 Å². The molecule has 0 aromatic rings. The molecule has 0 heterocycles. The number of rotatable bonds is 15. The number of aliphatic hydroxyl groups is 1. The summed E-state index contributed by atoms with van der Waals surface area (Å²) in [6, 6.07) is 0. The lowest BCUT2D eigenvalue weighted by atomic mass is 10.3. The van der Waals surface area contributed by atoms with Gasteiger partial charge in [0.25, 0.3) is 0 Å². The summed E-state index contributed by atoms with van der Waals surface area (Å²) in [6.45, 7) is 8.72. The van der Waals surface area contributed by atoms with E-state index in [1.165, 1.54) is 0 Å². The smallest absolute Gasteiger partial charge is 0.0771 e. The number of hydrogen-bond donors (Lipinski definition) is 1. The first kappa shape index (κ1) is 18.8. The summed E-state index contributed by atoms with van der Waals surface area (Å²) in [5, 5.41) is 9.24. The molecule has 0 spiro atoms. The SMILES string of the molecule is CCCCOCCOCCOCCOCC(O)CC. The fourth-order valence-corrected chi connectivity index (χ4v) is 1.24. The summed E-state index contributed by atoms with van der Waals surface area (Å²) in [5.41, 5.74) is 0. The van der Waals surface area contributed by atoms with Gasteiger partial charge in [0.15, 0.2) is 0 Å². The normalized spacial score (nSPS) is 12.8. The van der Waals surface area contributed by atoms with Crippen molar-refractivity contribution in [2.45, 2.75) is 39.2 Å². The Bertz CT molecular complexity index is 166. The third kappa shape index (κ3) is 15.7. The van der Waals surface area contributed by atoms with E-state index < -0.39 is 0 Å². The van der Waals surface area contributed by atoms with Crippen LogP contribution < -0.4 is 0 Å². The third-order valence-corrected chi connectivity index (χ3v) is 2.54. The first-order valence-corrected chi connectivity index (χ1v) is 7.30. The van der Waals surface area contributed by atoms with Crippen molar-refractivity contribution >= 4 is 0 Å². The van der Waals surface area contributed by atoms with Crippen LogP contribution >= 0.6 is 0 Å². The minimum atomic E-state index is -0.365. The Morgan fingerprint density at radius 1 is 0.737 bits per heavy atom. The highest BCUT2D eigenvalue weighted by Gasteiger charge is 1.99. The van der Waals surface area contributed by atoms with Gasteiger partial charge in [-0.3, -0.25) is 0 Å². The van der Waals surface area contributed by atoms with Crippen molar-refractivity contribution in [3.63, 3.8) is 0 Å². The van der Waals surface area contributed by atoms with Crippen molar-refractivity contribution in [1.82, 2.24) is 0 Å². The molecule has 0 saturated heterocycles. The number of unbranched alkanes of at least 4 members (excludes halogenated alkanes) is 1. The maximum atomic E-state index is 9.24. The molecule has 0 fully saturated rings. The Hall–Kier alpha value is -0.200. The van der Waals surface area contributed by atoms with E-state index in [9.17, 15) is 5.11 Å². The van der Waals surface area contributed by atoms with Crippen molar-refractivity contribution < 1.29 is 24.1 Å². The van der Waals surface area contributed by atoms with E-state index in [0.29, 0.717) is 46.2 Å². The average molecular weight is 278 g/mol. The van der Waals surface area contributed by atoms with E-state index in [0.717, 1.165) is 25.9 Å². The minimum Gasteiger partial charge on any atom is -0.391 e. The molecule has 0 saturated carbocycles. The molecular weight excluding hydrogens is 248 g/mol. The van der Waals surface area contributed by atoms with Crippen LogP contribution in [-0.4, -0.2) is 64.1 Å². The van der Waals surface area contributed by atoms with Crippen molar-refractivity contribution in [3.05, 3.63) is 0 Å². The molecule has 0 radical (unpaired) electrons. The summed E-state index contributed by atoms with van der Waals surface area (Å²) in [7, 11) is 0. The van der Waals surface area contributed by atoms with Crippen molar-refractivity contribution in [2.75, 3.05) is 52.9 Å². The molecule has 5 nitrogen and oxygen atoms in total. The van der Waals surface area contributed by atoms with Crippen LogP contribution in [0.15, 0.2) is 0 Å². The first-order chi connectivity index (χ1) is 9.31. The Labute approximate surface area is 117 Å². The Kier molecular flexibility index (Phi) is 15.7. The largest absolute Gasteiger partial charge is 0.391 e. The number of hydrogen-bond acceptors (Lipinski definition) is 5. The molecule has 5 heteroatoms. The zero-order chi connectivity index (χ0) is 14.2. The quantitative estimate of drug-likeness (QED) is 0.461. The second kappa shape index (κ2) is 15.9. The lowest BCUT2D eigenvalue weighted by Gasteiger charge is -2.09. The van der Waals surface area contributed by atoms with E-state index >= 15 is 0 Å². The minimum absolute atomic E-state index is 0.365. The van der Waals surface area contributed by atoms with Gasteiger partial charge in [0.1, 0.15) is 0 Å². The van der Waals surface area contributed by atoms with Crippen LogP contribution in [0.1, 0.15) is 33.1 Å². The zero-order valence-corrected chi connectivity index (χ0v) is 12.4. The first-order valence-electron chi connectivity index (χ1n) is 7.30. The molecule has 19 heavy (non-hydrogen) atoms. The Balaban J connectivity index is 2.95. The van der Waals surface area contributed by atoms with E-state index in [1.54, 1.807) is 0 Å². The zero-order valence-electron chi connectivity index (χ0n) is 12.4. The van der Waals surface area contributed by atoms with Gasteiger partial charge in [0.05, 0.1) is 52.4 Å². The average Bonchev–Trinajstić information content (AvgIpc) is 2.43. The van der Waals surface area contributed by atoms with Crippen molar-refractivity contribution in [3.8, 4) is 0 Å². The predicted octanol–water partition coefficient (Wildman–Crippen LogP) is 1.62. The summed E-state index contributed by atoms with van der Waals surface area (Å²) < 4.78 is 21.3. The van der Waals surface area contributed by atoms with Gasteiger partial charge in [-0.05, 0) is 12.8 Å². The van der Waals surface area contributed by atoms with E-state index in [2.05, 4.69) is 6.92 Å². The number of ether oxygens (including phenoxy) is 4. The Morgan fingerprint density at radius 3 is 1.68 bits per heavy atom. The molecule has 0 bridgehead atoms. The lowest BCUT2D eigenvalue weighted by molar-refractivity contribution is -0.0172. The summed E-state index contributed by atoms with van der Waals surface area (Å²) in [5.74, 6) is 0. The maximum absolute atomic E-state index is 9.24. The lowest BCUT2D eigenvalue weighted by Crippen LogP contribution is -2.17. The molecule has 1 N–H and O–H groups in total. The van der Waals surface area contributed by atoms with Gasteiger partial charge >= 0.3 is 0 Å². The number of aliphatic hydroxyl groups excluding tert-OH is 1. The second-order valence-electron chi connectivity index (χ2n) is 4.33. The molecule has 116 valence electrons. The van der Waals surface area contributed by atoms with Crippen LogP contribution in [0.4, 0.5) is 0 Å². The van der Waals surface area contributed by atoms with Crippen LogP contribution in [0.25, 0.3) is 0 Å². The van der Waals surface area contributed by atoms with E-state index in [1.807, 2.05) is 6.92 Å². The van der Waals surface area contributed by atoms with Gasteiger partial charge in [0, 0.05) is 6.61 Å². The predicted molar refractivity (Wildman–Crippen MR) is 74.5 cm³/mol. The van der Waals surface area contributed by atoms with Gasteiger partial charge in [-0.15, -0.1) is 0 Å². The van der Waals surface area contributed by atoms with E-state index in [4.69, 9.17) is 18.9 Å². The second-order valence-corrected chi connectivity index (χ2v) is 4.33. The van der Waals surface area contributed by atoms with Crippen LogP contribution in [-0.2, 0) is 18.9 Å². The topological polar surface area (TPSA) is 57.2 Å². The summed E-state index contributed by atoms with van der Waals surface area (Å²) >= 11 is 0. The van der Waals surface area contributed by atoms with Crippen molar-refractivity contribution in [1.29, 1.82) is 0 Å². The molecule has 1 atom stereocenters. The molecule has 0 aliphatic rings. The molecule has 0 aromatic heterocycles. The highest BCUT2D eigenvalue weighted by molar-refractivity contribution is 4.48. The van der Waals surface area contributed by atoms with E-state index in [-0.39, 0.29) is 6.10 Å². The standard InChI is InChI=1S/C14H30O5/c1-3-5-6-16-7-8-17-9-10-18-11-12-19-13-14(15)4-2/h14-15H,3-13H2,1-2H3. The summed E-state index contributed by atoms with van der Waals surface area (Å²) in [4.78, 5) is 0. The molecule has 0 aromatic carbocycles. The van der Waals surface area contributed by atoms with Crippen LogP contribution in [0.2, 0.25) is 0 Å². The fourth-order valence-electron chi connectivity index (χ4n) is 1.24. The molecule has 1 unspecified atom stereocenters. The molecule has 0 aliphatic heterocycles. The van der Waals surface area contributed by atoms with Crippen LogP contribution in [0.5, 0.6) is 0 Å². The maximum Gasteiger partial charge on any atom is 0.0771 e. The monoisotopic (exact) mass is 278 g/mol. The molecule has 0 amide bonds. The highest BCUT2D eigenvalue weighted by atomic mass is 16.6. The highest BCUT2D eigenvalue weighted by Crippen LogP contribution is 1.91. The third-order valence-electron chi connectivity index (χ3n) is 2.54. The van der Waals surface area contributed by atoms with Gasteiger partial charge in [-0.2, -0.15) is 0 Å². The molecule has 0 rings (SSSR count). The van der Waals surface area contributed by atoms with Gasteiger partial charge in [-0.1, -0.05) is 20.3 Å². The molecular formula is C14H30O5. The fraction of sp³-hybridized carbons (Fsp3) is 1.00. The van der Waals surface area contributed by atoms with Crippen LogP contribution in [0, 0.1) is 0 Å².